The van der Waals surface area contributed by atoms with Gasteiger partial charge in [0.15, 0.2) is 0 Å². The Morgan fingerprint density at radius 1 is 1.58 bits per heavy atom. The van der Waals surface area contributed by atoms with E-state index >= 15 is 0 Å². The van der Waals surface area contributed by atoms with Crippen LogP contribution in [0.25, 0.3) is 11.1 Å². The highest BCUT2D eigenvalue weighted by Gasteiger charge is 2.35. The van der Waals surface area contributed by atoms with Gasteiger partial charge in [0.25, 0.3) is 0 Å². The number of aliphatic hydroxyl groups excluding tert-OH is 2. The molecule has 1 saturated heterocycles. The van der Waals surface area contributed by atoms with E-state index in [1.807, 2.05) is 0 Å². The Kier molecular flexibility index (Phi) is 2.89. The second kappa shape index (κ2) is 4.44. The monoisotopic (exact) mass is 266 g/mol. The number of aromatic nitrogens is 2. The van der Waals surface area contributed by atoms with E-state index in [2.05, 4.69) is 4.98 Å². The van der Waals surface area contributed by atoms with Gasteiger partial charge in [-0.3, -0.25) is 4.57 Å². The maximum atomic E-state index is 11.9. The number of aliphatic hydroxyl groups is 2. The molecule has 3 rings (SSSR count). The first-order valence-electron chi connectivity index (χ1n) is 6.02. The minimum Gasteiger partial charge on any atom is -0.443 e. The number of hydrogen-bond acceptors (Lipinski definition) is 6. The van der Waals surface area contributed by atoms with Crippen LogP contribution in [0.2, 0.25) is 0 Å². The summed E-state index contributed by atoms with van der Waals surface area (Å²) in [6.45, 7) is 1.49. The second-order valence-electron chi connectivity index (χ2n) is 4.66. The Hall–Kier alpha value is -1.70. The van der Waals surface area contributed by atoms with Gasteiger partial charge >= 0.3 is 5.69 Å². The Bertz CT molecular complexity index is 662. The normalized spacial score (nSPS) is 27.2. The van der Waals surface area contributed by atoms with Crippen molar-refractivity contribution >= 4 is 11.1 Å². The van der Waals surface area contributed by atoms with E-state index in [0.29, 0.717) is 11.1 Å². The molecular formula is C12H14N2O5. The van der Waals surface area contributed by atoms with Gasteiger partial charge in [-0.2, -0.15) is 4.98 Å². The van der Waals surface area contributed by atoms with Crippen LogP contribution in [0, 0.1) is 6.92 Å². The summed E-state index contributed by atoms with van der Waals surface area (Å²) < 4.78 is 12.0. The van der Waals surface area contributed by atoms with E-state index in [0.717, 1.165) is 0 Å². The van der Waals surface area contributed by atoms with Crippen LogP contribution in [0.3, 0.4) is 0 Å². The van der Waals surface area contributed by atoms with E-state index < -0.39 is 24.1 Å². The zero-order valence-electron chi connectivity index (χ0n) is 10.3. The third-order valence-corrected chi connectivity index (χ3v) is 3.25. The molecule has 2 aromatic rings. The van der Waals surface area contributed by atoms with E-state index in [9.17, 15) is 9.90 Å². The number of hydrogen-bond donors (Lipinski definition) is 2. The van der Waals surface area contributed by atoms with Crippen LogP contribution in [-0.2, 0) is 4.74 Å². The van der Waals surface area contributed by atoms with Crippen LogP contribution in [0.15, 0.2) is 21.5 Å². The highest BCUT2D eigenvalue weighted by molar-refractivity contribution is 5.72. The topological polar surface area (TPSA) is 97.7 Å². The van der Waals surface area contributed by atoms with Crippen LogP contribution >= 0.6 is 0 Å². The summed E-state index contributed by atoms with van der Waals surface area (Å²) in [7, 11) is 0. The van der Waals surface area contributed by atoms with Crippen LogP contribution in [0.4, 0.5) is 0 Å². The Morgan fingerprint density at radius 2 is 2.37 bits per heavy atom. The maximum absolute atomic E-state index is 11.9. The van der Waals surface area contributed by atoms with E-state index in [1.165, 1.54) is 4.57 Å². The van der Waals surface area contributed by atoms with Crippen molar-refractivity contribution in [2.24, 2.45) is 0 Å². The maximum Gasteiger partial charge on any atom is 0.353 e. The third kappa shape index (κ3) is 2.05. The molecule has 1 fully saturated rings. The van der Waals surface area contributed by atoms with Crippen molar-refractivity contribution in [3.63, 3.8) is 0 Å². The van der Waals surface area contributed by atoms with Crippen molar-refractivity contribution in [3.05, 3.63) is 28.5 Å². The first-order chi connectivity index (χ1) is 9.08. The Morgan fingerprint density at radius 3 is 3.05 bits per heavy atom. The minimum atomic E-state index is -0.788. The summed E-state index contributed by atoms with van der Waals surface area (Å²) in [6.07, 6.45) is -0.234. The SMILES string of the molecule is Cc1cc2cn(C3C[C@H](O)[C@@H](CO)O3)c(=O)nc2o1. The molecule has 3 atom stereocenters. The lowest BCUT2D eigenvalue weighted by Gasteiger charge is -2.13. The molecule has 1 aliphatic heterocycles. The second-order valence-corrected chi connectivity index (χ2v) is 4.66. The molecule has 0 amide bonds. The van der Waals surface area contributed by atoms with Crippen molar-refractivity contribution in [1.29, 1.82) is 0 Å². The quantitative estimate of drug-likeness (QED) is 0.790. The summed E-state index contributed by atoms with van der Waals surface area (Å²) in [5.41, 5.74) is -0.214. The van der Waals surface area contributed by atoms with Crippen LogP contribution < -0.4 is 5.69 Å². The molecule has 2 N–H and O–H groups in total. The Labute approximate surface area is 108 Å². The first kappa shape index (κ1) is 12.3. The minimum absolute atomic E-state index is 0.245. The average Bonchev–Trinajstić information content (AvgIpc) is 2.89. The summed E-state index contributed by atoms with van der Waals surface area (Å²) in [4.78, 5) is 15.7. The van der Waals surface area contributed by atoms with Gasteiger partial charge in [-0.25, -0.2) is 4.79 Å². The van der Waals surface area contributed by atoms with Crippen molar-refractivity contribution < 1.29 is 19.4 Å². The number of aryl methyl sites for hydroxylation is 1. The van der Waals surface area contributed by atoms with Gasteiger partial charge in [0.1, 0.15) is 18.1 Å². The standard InChI is InChI=1S/C12H14N2O5/c1-6-2-7-4-14(12(17)13-11(7)18-6)10-3-8(16)9(5-15)19-10/h2,4,8-10,15-16H,3,5H2,1H3/t8-,9+,10?/m0/s1. The highest BCUT2D eigenvalue weighted by Crippen LogP contribution is 2.28. The molecule has 1 unspecified atom stereocenters. The molecule has 1 aliphatic rings. The molecule has 0 aromatic carbocycles. The molecule has 0 saturated carbocycles. The van der Waals surface area contributed by atoms with Crippen molar-refractivity contribution in [3.8, 4) is 0 Å². The van der Waals surface area contributed by atoms with Crippen molar-refractivity contribution in [2.45, 2.75) is 31.8 Å². The molecular weight excluding hydrogens is 252 g/mol. The molecule has 2 aromatic heterocycles. The predicted octanol–water partition coefficient (Wildman–Crippen LogP) is -0.0614. The molecule has 0 bridgehead atoms. The molecule has 102 valence electrons. The fourth-order valence-corrected chi connectivity index (χ4v) is 2.31. The van der Waals surface area contributed by atoms with Gasteiger partial charge in [0.2, 0.25) is 5.71 Å². The van der Waals surface area contributed by atoms with Crippen molar-refractivity contribution in [1.82, 2.24) is 9.55 Å². The summed E-state index contributed by atoms with van der Waals surface area (Å²) >= 11 is 0. The van der Waals surface area contributed by atoms with Gasteiger partial charge in [0, 0.05) is 12.6 Å². The first-order valence-corrected chi connectivity index (χ1v) is 6.02. The number of ether oxygens (including phenoxy) is 1. The molecule has 0 radical (unpaired) electrons. The summed E-state index contributed by atoms with van der Waals surface area (Å²) in [5, 5.41) is 19.4. The van der Waals surface area contributed by atoms with E-state index in [1.54, 1.807) is 19.2 Å². The van der Waals surface area contributed by atoms with Gasteiger partial charge in [-0.1, -0.05) is 0 Å². The van der Waals surface area contributed by atoms with Crippen LogP contribution in [-0.4, -0.2) is 38.6 Å². The predicted molar refractivity (Wildman–Crippen MR) is 64.6 cm³/mol. The fraction of sp³-hybridized carbons (Fsp3) is 0.500. The van der Waals surface area contributed by atoms with E-state index in [-0.39, 0.29) is 18.7 Å². The van der Waals surface area contributed by atoms with E-state index in [4.69, 9.17) is 14.3 Å². The lowest BCUT2D eigenvalue weighted by atomic mass is 10.2. The lowest BCUT2D eigenvalue weighted by molar-refractivity contribution is -0.0457. The third-order valence-electron chi connectivity index (χ3n) is 3.25. The molecule has 7 nitrogen and oxygen atoms in total. The van der Waals surface area contributed by atoms with Gasteiger partial charge < -0.3 is 19.4 Å². The molecule has 0 aliphatic carbocycles. The fourth-order valence-electron chi connectivity index (χ4n) is 2.31. The van der Waals surface area contributed by atoms with Crippen LogP contribution in [0.5, 0.6) is 0 Å². The lowest BCUT2D eigenvalue weighted by Crippen LogP contribution is -2.27. The Balaban J connectivity index is 2.01. The molecule has 3 heterocycles. The van der Waals surface area contributed by atoms with Gasteiger partial charge in [0.05, 0.1) is 18.1 Å². The average molecular weight is 266 g/mol. The zero-order valence-corrected chi connectivity index (χ0v) is 10.3. The van der Waals surface area contributed by atoms with Gasteiger partial charge in [-0.05, 0) is 13.0 Å². The molecule has 7 heteroatoms. The number of furan rings is 1. The largest absolute Gasteiger partial charge is 0.443 e. The molecule has 19 heavy (non-hydrogen) atoms. The zero-order chi connectivity index (χ0) is 13.6. The highest BCUT2D eigenvalue weighted by atomic mass is 16.5. The number of nitrogens with zero attached hydrogens (tertiary/aromatic N) is 2. The van der Waals surface area contributed by atoms with Crippen LogP contribution in [0.1, 0.15) is 18.4 Å². The summed E-state index contributed by atoms with van der Waals surface area (Å²) in [5.74, 6) is 0.667. The summed E-state index contributed by atoms with van der Waals surface area (Å²) in [6, 6.07) is 1.77. The van der Waals surface area contributed by atoms with Crippen molar-refractivity contribution in [2.75, 3.05) is 6.61 Å². The smallest absolute Gasteiger partial charge is 0.353 e. The number of rotatable bonds is 2. The number of fused-ring (bicyclic) bond motifs is 1. The molecule has 0 spiro atoms. The van der Waals surface area contributed by atoms with Gasteiger partial charge in [-0.15, -0.1) is 0 Å².